The van der Waals surface area contributed by atoms with E-state index in [2.05, 4.69) is 5.32 Å². The number of amides is 2. The number of likely N-dealkylation sites (tertiary alicyclic amines) is 1. The molecule has 1 unspecified atom stereocenters. The maximum Gasteiger partial charge on any atom is 0.317 e. The Morgan fingerprint density at radius 1 is 1.14 bits per heavy atom. The normalized spacial score (nSPS) is 43.4. The second-order valence-electron chi connectivity index (χ2n) is 8.71. The molecule has 1 heterocycles. The molecular formula is C18H30N2O2. The molecule has 1 aliphatic heterocycles. The highest BCUT2D eigenvalue weighted by Gasteiger charge is 2.50. The predicted octanol–water partition coefficient (Wildman–Crippen LogP) is 2.62. The van der Waals surface area contributed by atoms with Crippen molar-refractivity contribution in [3.63, 3.8) is 0 Å². The Morgan fingerprint density at radius 2 is 1.77 bits per heavy atom. The number of rotatable bonds is 3. The average Bonchev–Trinajstić information content (AvgIpc) is 2.51. The van der Waals surface area contributed by atoms with E-state index in [1.165, 1.54) is 38.5 Å². The second kappa shape index (κ2) is 5.70. The topological polar surface area (TPSA) is 52.6 Å². The maximum absolute atomic E-state index is 12.5. The van der Waals surface area contributed by atoms with E-state index < -0.39 is 0 Å². The Bertz CT molecular complexity index is 402. The molecule has 4 saturated carbocycles. The molecule has 0 aromatic rings. The third-order valence-electron chi connectivity index (χ3n) is 6.84. The lowest BCUT2D eigenvalue weighted by Gasteiger charge is -2.57. The van der Waals surface area contributed by atoms with Crippen molar-refractivity contribution in [3.8, 4) is 0 Å². The lowest BCUT2D eigenvalue weighted by atomic mass is 9.49. The van der Waals surface area contributed by atoms with Gasteiger partial charge in [0.15, 0.2) is 0 Å². The fraction of sp³-hybridized carbons (Fsp3) is 0.944. The molecular weight excluding hydrogens is 276 g/mol. The van der Waals surface area contributed by atoms with Gasteiger partial charge in [0.25, 0.3) is 0 Å². The number of nitrogens with zero attached hydrogens (tertiary/aromatic N) is 1. The van der Waals surface area contributed by atoms with Crippen LogP contribution in [0.25, 0.3) is 0 Å². The average molecular weight is 306 g/mol. The number of nitrogens with one attached hydrogen (secondary N) is 1. The second-order valence-corrected chi connectivity index (χ2v) is 8.71. The van der Waals surface area contributed by atoms with Gasteiger partial charge in [0, 0.05) is 26.2 Å². The van der Waals surface area contributed by atoms with Crippen molar-refractivity contribution in [2.24, 2.45) is 29.1 Å². The zero-order valence-electron chi connectivity index (χ0n) is 13.6. The summed E-state index contributed by atoms with van der Waals surface area (Å²) in [5.41, 5.74) is 0.413. The summed E-state index contributed by atoms with van der Waals surface area (Å²) < 4.78 is 0. The largest absolute Gasteiger partial charge is 0.396 e. The molecule has 0 radical (unpaired) electrons. The highest BCUT2D eigenvalue weighted by molar-refractivity contribution is 5.74. The van der Waals surface area contributed by atoms with Crippen molar-refractivity contribution in [1.29, 1.82) is 0 Å². The van der Waals surface area contributed by atoms with Crippen LogP contribution in [-0.2, 0) is 0 Å². The quantitative estimate of drug-likeness (QED) is 0.842. The van der Waals surface area contributed by atoms with Crippen LogP contribution in [0.15, 0.2) is 0 Å². The van der Waals surface area contributed by atoms with E-state index in [-0.39, 0.29) is 18.6 Å². The SMILES string of the molecule is O=C(NCC12CC3CC(CC(C3)C1)C2)N1CCCC(CO)C1. The van der Waals surface area contributed by atoms with Crippen LogP contribution in [0.3, 0.4) is 0 Å². The third-order valence-corrected chi connectivity index (χ3v) is 6.84. The number of piperidine rings is 1. The first-order valence-electron chi connectivity index (χ1n) is 9.29. The van der Waals surface area contributed by atoms with Gasteiger partial charge in [-0.25, -0.2) is 4.79 Å². The van der Waals surface area contributed by atoms with Gasteiger partial charge in [-0.1, -0.05) is 0 Å². The van der Waals surface area contributed by atoms with Gasteiger partial charge in [-0.2, -0.15) is 0 Å². The fourth-order valence-corrected chi connectivity index (χ4v) is 6.28. The van der Waals surface area contributed by atoms with E-state index in [0.717, 1.165) is 50.2 Å². The fourth-order valence-electron chi connectivity index (χ4n) is 6.28. The van der Waals surface area contributed by atoms with Crippen LogP contribution in [0.2, 0.25) is 0 Å². The van der Waals surface area contributed by atoms with Crippen LogP contribution in [0, 0.1) is 29.1 Å². The van der Waals surface area contributed by atoms with Crippen LogP contribution in [0.4, 0.5) is 4.79 Å². The van der Waals surface area contributed by atoms with E-state index in [1.54, 1.807) is 0 Å². The van der Waals surface area contributed by atoms with E-state index >= 15 is 0 Å². The number of urea groups is 1. The molecule has 4 heteroatoms. The molecule has 5 aliphatic rings. The molecule has 5 fully saturated rings. The van der Waals surface area contributed by atoms with Crippen molar-refractivity contribution in [1.82, 2.24) is 10.2 Å². The molecule has 5 rings (SSSR count). The summed E-state index contributed by atoms with van der Waals surface area (Å²) in [4.78, 5) is 14.4. The first-order chi connectivity index (χ1) is 10.7. The molecule has 4 bridgehead atoms. The van der Waals surface area contributed by atoms with Gasteiger partial charge in [0.2, 0.25) is 0 Å². The van der Waals surface area contributed by atoms with Crippen molar-refractivity contribution < 1.29 is 9.90 Å². The van der Waals surface area contributed by atoms with Gasteiger partial charge in [-0.05, 0) is 80.5 Å². The molecule has 1 atom stereocenters. The summed E-state index contributed by atoms with van der Waals surface area (Å²) in [6.07, 6.45) is 10.5. The molecule has 124 valence electrons. The van der Waals surface area contributed by atoms with Gasteiger partial charge in [0.05, 0.1) is 0 Å². The van der Waals surface area contributed by atoms with Gasteiger partial charge in [-0.3, -0.25) is 0 Å². The van der Waals surface area contributed by atoms with E-state index in [0.29, 0.717) is 5.41 Å². The van der Waals surface area contributed by atoms with E-state index in [1.807, 2.05) is 4.90 Å². The molecule has 4 aliphatic carbocycles. The number of hydrogen-bond acceptors (Lipinski definition) is 2. The Morgan fingerprint density at radius 3 is 2.36 bits per heavy atom. The summed E-state index contributed by atoms with van der Waals surface area (Å²) in [7, 11) is 0. The van der Waals surface area contributed by atoms with Crippen LogP contribution < -0.4 is 5.32 Å². The number of aliphatic hydroxyl groups is 1. The Hall–Kier alpha value is -0.770. The van der Waals surface area contributed by atoms with Gasteiger partial charge in [0.1, 0.15) is 0 Å². The first-order valence-corrected chi connectivity index (χ1v) is 9.29. The molecule has 22 heavy (non-hydrogen) atoms. The Labute approximate surface area is 133 Å². The number of carbonyl (C=O) groups excluding carboxylic acids is 1. The zero-order chi connectivity index (χ0) is 15.2. The minimum absolute atomic E-state index is 0.105. The zero-order valence-corrected chi connectivity index (χ0v) is 13.6. The lowest BCUT2D eigenvalue weighted by Crippen LogP contribution is -2.53. The highest BCUT2D eigenvalue weighted by Crippen LogP contribution is 2.59. The monoisotopic (exact) mass is 306 g/mol. The van der Waals surface area contributed by atoms with Crippen LogP contribution in [-0.4, -0.2) is 42.3 Å². The van der Waals surface area contributed by atoms with Crippen LogP contribution in [0.5, 0.6) is 0 Å². The first kappa shape index (κ1) is 14.8. The van der Waals surface area contributed by atoms with Gasteiger partial charge < -0.3 is 15.3 Å². The summed E-state index contributed by atoms with van der Waals surface area (Å²) >= 11 is 0. The number of aliphatic hydroxyl groups excluding tert-OH is 1. The third kappa shape index (κ3) is 2.75. The Balaban J connectivity index is 1.33. The smallest absolute Gasteiger partial charge is 0.317 e. The number of hydrogen-bond donors (Lipinski definition) is 2. The summed E-state index contributed by atoms with van der Waals surface area (Å²) in [5.74, 6) is 3.10. The Kier molecular flexibility index (Phi) is 3.83. The highest BCUT2D eigenvalue weighted by atomic mass is 16.3. The summed E-state index contributed by atoms with van der Waals surface area (Å²) in [6, 6.07) is 0.105. The standard InChI is InChI=1S/C18H30N2O2/c21-11-13-2-1-3-20(10-13)17(22)19-12-18-7-14-4-15(8-18)6-16(5-14)9-18/h13-16,21H,1-12H2,(H,19,22). The van der Waals surface area contributed by atoms with Crippen molar-refractivity contribution >= 4 is 6.03 Å². The predicted molar refractivity (Wildman–Crippen MR) is 85.4 cm³/mol. The molecule has 2 amide bonds. The van der Waals surface area contributed by atoms with Crippen molar-refractivity contribution in [2.45, 2.75) is 51.4 Å². The summed E-state index contributed by atoms with van der Waals surface area (Å²) in [5, 5.41) is 12.6. The van der Waals surface area contributed by atoms with Gasteiger partial charge >= 0.3 is 6.03 Å². The van der Waals surface area contributed by atoms with E-state index in [9.17, 15) is 9.90 Å². The molecule has 1 saturated heterocycles. The minimum atomic E-state index is 0.105. The van der Waals surface area contributed by atoms with Crippen LogP contribution in [0.1, 0.15) is 51.4 Å². The molecule has 4 nitrogen and oxygen atoms in total. The molecule has 0 aromatic heterocycles. The summed E-state index contributed by atoms with van der Waals surface area (Å²) in [6.45, 7) is 2.67. The molecule has 2 N–H and O–H groups in total. The minimum Gasteiger partial charge on any atom is -0.396 e. The van der Waals surface area contributed by atoms with Gasteiger partial charge in [-0.15, -0.1) is 0 Å². The molecule has 0 aromatic carbocycles. The van der Waals surface area contributed by atoms with Crippen molar-refractivity contribution in [2.75, 3.05) is 26.2 Å². The van der Waals surface area contributed by atoms with Crippen LogP contribution >= 0.6 is 0 Å². The maximum atomic E-state index is 12.5. The van der Waals surface area contributed by atoms with E-state index in [4.69, 9.17) is 0 Å². The number of carbonyl (C=O) groups is 1. The lowest BCUT2D eigenvalue weighted by molar-refractivity contribution is -0.0503. The molecule has 0 spiro atoms. The van der Waals surface area contributed by atoms with Crippen molar-refractivity contribution in [3.05, 3.63) is 0 Å².